The third-order valence-corrected chi connectivity index (χ3v) is 4.58. The molecule has 2 aromatic heterocycles. The van der Waals surface area contributed by atoms with Crippen molar-refractivity contribution in [2.75, 3.05) is 0 Å². The Hall–Kier alpha value is -3.98. The minimum absolute atomic E-state index is 0.00903. The standard InChI is InChI=1S/C20H8O6/c1-2-8-6-10-14-12(7-8)25-20(24)16-15(14)18(26-19(10)23)13-9(17(16)22)4-3-5-11(13)21/h1,3-7,22-23H. The van der Waals surface area contributed by atoms with Crippen LogP contribution in [0.15, 0.2) is 48.8 Å². The lowest BCUT2D eigenvalue weighted by atomic mass is 9.96. The summed E-state index contributed by atoms with van der Waals surface area (Å²) in [5.74, 6) is 1.57. The van der Waals surface area contributed by atoms with Crippen LogP contribution in [0.3, 0.4) is 0 Å². The lowest BCUT2D eigenvalue weighted by Crippen LogP contribution is -2.06. The fourth-order valence-corrected chi connectivity index (χ4v) is 3.50. The lowest BCUT2D eigenvalue weighted by Gasteiger charge is -2.13. The average molecular weight is 344 g/mol. The second-order valence-electron chi connectivity index (χ2n) is 5.94. The first-order valence-corrected chi connectivity index (χ1v) is 7.61. The Balaban J connectivity index is 2.29. The molecule has 0 atom stereocenters. The van der Waals surface area contributed by atoms with Gasteiger partial charge in [0.2, 0.25) is 0 Å². The summed E-state index contributed by atoms with van der Waals surface area (Å²) in [5, 5.41) is 21.9. The normalized spacial score (nSPS) is 11.7. The maximum atomic E-state index is 12.5. The summed E-state index contributed by atoms with van der Waals surface area (Å²) in [7, 11) is 0. The number of fused-ring (bicyclic) bond motifs is 2. The van der Waals surface area contributed by atoms with Gasteiger partial charge in [-0.25, -0.2) is 4.79 Å². The molecular weight excluding hydrogens is 336 g/mol. The van der Waals surface area contributed by atoms with Gasteiger partial charge in [-0.15, -0.1) is 6.42 Å². The zero-order valence-corrected chi connectivity index (χ0v) is 13.0. The number of benzene rings is 3. The Morgan fingerprint density at radius 3 is 2.50 bits per heavy atom. The Labute approximate surface area is 143 Å². The van der Waals surface area contributed by atoms with Crippen LogP contribution < -0.4 is 11.1 Å². The van der Waals surface area contributed by atoms with Gasteiger partial charge >= 0.3 is 5.63 Å². The predicted octanol–water partition coefficient (Wildman–Crippen LogP) is 3.04. The van der Waals surface area contributed by atoms with E-state index < -0.39 is 17.0 Å². The molecule has 0 aliphatic rings. The molecule has 5 rings (SSSR count). The summed E-state index contributed by atoms with van der Waals surface area (Å²) in [6.45, 7) is 0. The first-order chi connectivity index (χ1) is 12.5. The van der Waals surface area contributed by atoms with Gasteiger partial charge < -0.3 is 19.0 Å². The highest BCUT2D eigenvalue weighted by Crippen LogP contribution is 2.44. The van der Waals surface area contributed by atoms with Gasteiger partial charge in [-0.2, -0.15) is 0 Å². The Morgan fingerprint density at radius 2 is 1.73 bits per heavy atom. The molecule has 3 aromatic carbocycles. The molecule has 124 valence electrons. The fraction of sp³-hybridized carbons (Fsp3) is 0. The van der Waals surface area contributed by atoms with E-state index in [9.17, 15) is 19.8 Å². The Morgan fingerprint density at radius 1 is 0.923 bits per heavy atom. The monoisotopic (exact) mass is 344 g/mol. The second kappa shape index (κ2) is 4.55. The van der Waals surface area contributed by atoms with E-state index in [1.165, 1.54) is 30.3 Å². The molecule has 0 bridgehead atoms. The van der Waals surface area contributed by atoms with Crippen molar-refractivity contribution in [1.29, 1.82) is 0 Å². The highest BCUT2D eigenvalue weighted by atomic mass is 16.5. The average Bonchev–Trinajstić information content (AvgIpc) is 2.62. The molecule has 0 radical (unpaired) electrons. The van der Waals surface area contributed by atoms with Crippen molar-refractivity contribution in [2.24, 2.45) is 0 Å². The summed E-state index contributed by atoms with van der Waals surface area (Å²) >= 11 is 0. The van der Waals surface area contributed by atoms with Crippen LogP contribution >= 0.6 is 0 Å². The maximum absolute atomic E-state index is 12.5. The maximum Gasteiger partial charge on any atom is 0.348 e. The molecular formula is C20H8O6. The molecule has 0 unspecified atom stereocenters. The highest BCUT2D eigenvalue weighted by Gasteiger charge is 2.24. The Bertz CT molecular complexity index is 1550. The van der Waals surface area contributed by atoms with Crippen molar-refractivity contribution in [2.45, 2.75) is 0 Å². The van der Waals surface area contributed by atoms with E-state index in [0.717, 1.165) is 0 Å². The van der Waals surface area contributed by atoms with Crippen molar-refractivity contribution in [1.82, 2.24) is 0 Å². The summed E-state index contributed by atoms with van der Waals surface area (Å²) < 4.78 is 10.8. The summed E-state index contributed by atoms with van der Waals surface area (Å²) in [5.41, 5.74) is -0.689. The van der Waals surface area contributed by atoms with E-state index in [0.29, 0.717) is 10.9 Å². The van der Waals surface area contributed by atoms with Gasteiger partial charge in [0.15, 0.2) is 11.0 Å². The van der Waals surface area contributed by atoms with Crippen LogP contribution in [-0.4, -0.2) is 10.2 Å². The van der Waals surface area contributed by atoms with E-state index in [1.807, 2.05) is 0 Å². The smallest absolute Gasteiger partial charge is 0.348 e. The van der Waals surface area contributed by atoms with Gasteiger partial charge in [0.25, 0.3) is 5.95 Å². The van der Waals surface area contributed by atoms with Gasteiger partial charge in [-0.1, -0.05) is 18.1 Å². The molecule has 6 nitrogen and oxygen atoms in total. The number of phenolic OH excluding ortho intramolecular Hbond substituents is 1. The molecule has 0 fully saturated rings. The van der Waals surface area contributed by atoms with Crippen molar-refractivity contribution in [3.63, 3.8) is 0 Å². The van der Waals surface area contributed by atoms with Crippen molar-refractivity contribution >= 4 is 43.5 Å². The largest absolute Gasteiger partial charge is 0.506 e. The van der Waals surface area contributed by atoms with Crippen LogP contribution in [0.4, 0.5) is 0 Å². The van der Waals surface area contributed by atoms with E-state index in [-0.39, 0.29) is 43.8 Å². The van der Waals surface area contributed by atoms with E-state index in [1.54, 1.807) is 0 Å². The molecule has 0 aliphatic heterocycles. The number of phenols is 1. The zero-order chi connectivity index (χ0) is 18.2. The zero-order valence-electron chi connectivity index (χ0n) is 13.0. The van der Waals surface area contributed by atoms with Crippen LogP contribution in [0.1, 0.15) is 5.56 Å². The molecule has 0 aliphatic carbocycles. The van der Waals surface area contributed by atoms with E-state index in [4.69, 9.17) is 15.3 Å². The second-order valence-corrected chi connectivity index (χ2v) is 5.94. The molecule has 2 heterocycles. The fourth-order valence-electron chi connectivity index (χ4n) is 3.50. The van der Waals surface area contributed by atoms with Gasteiger partial charge in [-0.3, -0.25) is 4.79 Å². The predicted molar refractivity (Wildman–Crippen MR) is 96.0 cm³/mol. The molecule has 2 N–H and O–H groups in total. The summed E-state index contributed by atoms with van der Waals surface area (Å²) in [4.78, 5) is 24.9. The minimum atomic E-state index is -0.797. The molecule has 6 heteroatoms. The molecule has 26 heavy (non-hydrogen) atoms. The van der Waals surface area contributed by atoms with Crippen molar-refractivity contribution in [3.05, 3.63) is 56.5 Å². The quantitative estimate of drug-likeness (QED) is 0.194. The van der Waals surface area contributed by atoms with Crippen LogP contribution in [0.5, 0.6) is 11.7 Å². The van der Waals surface area contributed by atoms with E-state index >= 15 is 0 Å². The third-order valence-electron chi connectivity index (χ3n) is 4.58. The minimum Gasteiger partial charge on any atom is -0.506 e. The Kier molecular flexibility index (Phi) is 2.52. The number of hydrogen-bond donors (Lipinski definition) is 2. The van der Waals surface area contributed by atoms with Crippen LogP contribution in [0, 0.1) is 12.3 Å². The van der Waals surface area contributed by atoms with E-state index in [2.05, 4.69) is 5.92 Å². The number of terminal acetylenes is 1. The van der Waals surface area contributed by atoms with Gasteiger partial charge in [0, 0.05) is 21.7 Å². The van der Waals surface area contributed by atoms with Gasteiger partial charge in [0.05, 0.1) is 10.8 Å². The molecule has 0 amide bonds. The summed E-state index contributed by atoms with van der Waals surface area (Å²) in [6, 6.07) is 7.24. The first-order valence-electron chi connectivity index (χ1n) is 7.61. The van der Waals surface area contributed by atoms with Crippen LogP contribution in [-0.2, 0) is 0 Å². The van der Waals surface area contributed by atoms with Crippen LogP contribution in [0.25, 0.3) is 43.5 Å². The SMILES string of the molecule is C#Cc1cc2oc(=O)c3c(O)c4cccc(=O)c4c4oc(O)c(c1)c2c34. The molecule has 0 saturated carbocycles. The van der Waals surface area contributed by atoms with Crippen molar-refractivity contribution < 1.29 is 19.0 Å². The van der Waals surface area contributed by atoms with Crippen molar-refractivity contribution in [3.8, 4) is 24.0 Å². The lowest BCUT2D eigenvalue weighted by molar-refractivity contribution is 0.348. The first kappa shape index (κ1) is 14.4. The number of hydrogen-bond acceptors (Lipinski definition) is 6. The summed E-state index contributed by atoms with van der Waals surface area (Å²) in [6.07, 6.45) is 5.41. The number of rotatable bonds is 0. The van der Waals surface area contributed by atoms with Gasteiger partial charge in [-0.05, 0) is 18.2 Å². The molecule has 5 aromatic rings. The number of aromatic hydroxyl groups is 2. The third kappa shape index (κ3) is 1.57. The topological polar surface area (TPSA) is 101 Å². The van der Waals surface area contributed by atoms with Gasteiger partial charge in [0.1, 0.15) is 16.7 Å². The molecule has 0 spiro atoms. The van der Waals surface area contributed by atoms with Crippen LogP contribution in [0.2, 0.25) is 0 Å². The highest BCUT2D eigenvalue weighted by molar-refractivity contribution is 6.28. The molecule has 0 saturated heterocycles.